The first-order chi connectivity index (χ1) is 13.1. The Morgan fingerprint density at radius 3 is 3.00 bits per heavy atom. The van der Waals surface area contributed by atoms with E-state index in [0.29, 0.717) is 22.7 Å². The highest BCUT2D eigenvalue weighted by Crippen LogP contribution is 2.34. The maximum atomic E-state index is 12.9. The fourth-order valence-electron chi connectivity index (χ4n) is 3.94. The lowest BCUT2D eigenvalue weighted by atomic mass is 10.1. The molecule has 3 aromatic rings. The summed E-state index contributed by atoms with van der Waals surface area (Å²) >= 11 is 0. The molecule has 0 saturated carbocycles. The van der Waals surface area contributed by atoms with Crippen LogP contribution in [-0.2, 0) is 17.6 Å². The van der Waals surface area contributed by atoms with Crippen molar-refractivity contribution >= 4 is 34.1 Å². The maximum Gasteiger partial charge on any atom is 0.265 e. The summed E-state index contributed by atoms with van der Waals surface area (Å²) in [5.74, 6) is 0.219. The molecule has 1 aliphatic heterocycles. The fourth-order valence-corrected chi connectivity index (χ4v) is 3.94. The molecule has 6 heteroatoms. The third-order valence-corrected chi connectivity index (χ3v) is 5.30. The van der Waals surface area contributed by atoms with Crippen LogP contribution in [0.5, 0.6) is 5.75 Å². The van der Waals surface area contributed by atoms with Crippen LogP contribution in [0, 0.1) is 0 Å². The van der Waals surface area contributed by atoms with Crippen molar-refractivity contribution in [1.29, 1.82) is 0 Å². The standard InChI is InChI=1S/C21H19N3O3/c1-11-20(25)24-17-10-12(8-9-18(17)27-11)22-21(26)15-6-2-5-14-13-4-3-7-16(13)23-19(14)15/h2,5-6,8-11,23H,3-4,7H2,1H3,(H,22,26)(H,24,25). The highest BCUT2D eigenvalue weighted by atomic mass is 16.5. The van der Waals surface area contributed by atoms with Crippen molar-refractivity contribution in [3.8, 4) is 5.75 Å². The Bertz CT molecular complexity index is 1100. The van der Waals surface area contributed by atoms with Crippen LogP contribution >= 0.6 is 0 Å². The molecular weight excluding hydrogens is 342 g/mol. The van der Waals surface area contributed by atoms with Crippen LogP contribution in [-0.4, -0.2) is 22.9 Å². The Morgan fingerprint density at radius 1 is 1.22 bits per heavy atom. The summed E-state index contributed by atoms with van der Waals surface area (Å²) in [4.78, 5) is 28.1. The average Bonchev–Trinajstić information content (AvgIpc) is 3.24. The molecule has 5 rings (SSSR count). The Kier molecular flexibility index (Phi) is 3.47. The molecule has 136 valence electrons. The summed E-state index contributed by atoms with van der Waals surface area (Å²) in [5.41, 5.74) is 5.26. The van der Waals surface area contributed by atoms with Crippen LogP contribution < -0.4 is 15.4 Å². The second kappa shape index (κ2) is 5.87. The monoisotopic (exact) mass is 361 g/mol. The first kappa shape index (κ1) is 15.9. The van der Waals surface area contributed by atoms with Crippen LogP contribution in [0.4, 0.5) is 11.4 Å². The molecule has 1 aromatic heterocycles. The number of aromatic nitrogens is 1. The lowest BCUT2D eigenvalue weighted by Crippen LogP contribution is -2.34. The number of aryl methyl sites for hydroxylation is 2. The van der Waals surface area contributed by atoms with Crippen molar-refractivity contribution in [2.75, 3.05) is 10.6 Å². The zero-order valence-corrected chi connectivity index (χ0v) is 14.9. The molecule has 2 heterocycles. The van der Waals surface area contributed by atoms with Crippen molar-refractivity contribution in [2.45, 2.75) is 32.3 Å². The van der Waals surface area contributed by atoms with Gasteiger partial charge in [-0.25, -0.2) is 0 Å². The van der Waals surface area contributed by atoms with Crippen molar-refractivity contribution in [2.24, 2.45) is 0 Å². The third kappa shape index (κ3) is 2.56. The summed E-state index contributed by atoms with van der Waals surface area (Å²) in [6.07, 6.45) is 2.73. The fraction of sp³-hybridized carbons (Fsp3) is 0.238. The van der Waals surface area contributed by atoms with E-state index in [1.807, 2.05) is 12.1 Å². The molecule has 0 radical (unpaired) electrons. The van der Waals surface area contributed by atoms with Crippen LogP contribution in [0.15, 0.2) is 36.4 Å². The number of para-hydroxylation sites is 1. The van der Waals surface area contributed by atoms with Gasteiger partial charge >= 0.3 is 0 Å². The number of fused-ring (bicyclic) bond motifs is 4. The number of aromatic amines is 1. The van der Waals surface area contributed by atoms with Crippen LogP contribution in [0.3, 0.4) is 0 Å². The van der Waals surface area contributed by atoms with E-state index < -0.39 is 6.10 Å². The number of rotatable bonds is 2. The van der Waals surface area contributed by atoms with Gasteiger partial charge < -0.3 is 20.4 Å². The Labute approximate surface area is 155 Å². The average molecular weight is 361 g/mol. The maximum absolute atomic E-state index is 12.9. The molecule has 1 atom stereocenters. The first-order valence-corrected chi connectivity index (χ1v) is 9.15. The minimum absolute atomic E-state index is 0.183. The number of carbonyl (C=O) groups is 2. The van der Waals surface area contributed by atoms with E-state index in [1.54, 1.807) is 25.1 Å². The SMILES string of the molecule is CC1Oc2ccc(NC(=O)c3cccc4c5c([nH]c34)CCC5)cc2NC1=O. The van der Waals surface area contributed by atoms with E-state index in [9.17, 15) is 9.59 Å². The molecule has 3 N–H and O–H groups in total. The van der Waals surface area contributed by atoms with Crippen LogP contribution in [0.1, 0.15) is 35.0 Å². The summed E-state index contributed by atoms with van der Waals surface area (Å²) < 4.78 is 5.55. The molecule has 0 fully saturated rings. The van der Waals surface area contributed by atoms with E-state index >= 15 is 0 Å². The van der Waals surface area contributed by atoms with E-state index in [4.69, 9.17) is 4.74 Å². The summed E-state index contributed by atoms with van der Waals surface area (Å²) in [6, 6.07) is 11.1. The minimum Gasteiger partial charge on any atom is -0.479 e. The van der Waals surface area contributed by atoms with Gasteiger partial charge in [0.05, 0.1) is 16.8 Å². The molecule has 2 amide bonds. The van der Waals surface area contributed by atoms with Gasteiger partial charge in [-0.1, -0.05) is 12.1 Å². The van der Waals surface area contributed by atoms with E-state index in [-0.39, 0.29) is 11.8 Å². The molecule has 1 aliphatic carbocycles. The number of nitrogens with one attached hydrogen (secondary N) is 3. The van der Waals surface area contributed by atoms with Crippen molar-refractivity contribution in [3.05, 3.63) is 53.2 Å². The summed E-state index contributed by atoms with van der Waals surface area (Å²) in [7, 11) is 0. The van der Waals surface area contributed by atoms with E-state index in [1.165, 1.54) is 11.3 Å². The van der Waals surface area contributed by atoms with Gasteiger partial charge in [-0.2, -0.15) is 0 Å². The first-order valence-electron chi connectivity index (χ1n) is 9.15. The van der Waals surface area contributed by atoms with Crippen LogP contribution in [0.25, 0.3) is 10.9 Å². The number of carbonyl (C=O) groups excluding carboxylic acids is 2. The quantitative estimate of drug-likeness (QED) is 0.652. The lowest BCUT2D eigenvalue weighted by molar-refractivity contribution is -0.122. The number of hydrogen-bond acceptors (Lipinski definition) is 3. The Balaban J connectivity index is 1.45. The second-order valence-electron chi connectivity index (χ2n) is 7.08. The second-order valence-corrected chi connectivity index (χ2v) is 7.08. The minimum atomic E-state index is -0.523. The zero-order chi connectivity index (χ0) is 18.5. The van der Waals surface area contributed by atoms with Gasteiger partial charge in [0, 0.05) is 16.8 Å². The van der Waals surface area contributed by atoms with Gasteiger partial charge in [0.25, 0.3) is 11.8 Å². The molecule has 2 aromatic carbocycles. The van der Waals surface area contributed by atoms with Crippen molar-refractivity contribution < 1.29 is 14.3 Å². The molecule has 2 aliphatic rings. The van der Waals surface area contributed by atoms with Gasteiger partial charge in [-0.15, -0.1) is 0 Å². The van der Waals surface area contributed by atoms with Crippen LogP contribution in [0.2, 0.25) is 0 Å². The Hall–Kier alpha value is -3.28. The Morgan fingerprint density at radius 2 is 2.11 bits per heavy atom. The zero-order valence-electron chi connectivity index (χ0n) is 14.9. The van der Waals surface area contributed by atoms with Gasteiger partial charge in [-0.3, -0.25) is 9.59 Å². The smallest absolute Gasteiger partial charge is 0.265 e. The molecule has 27 heavy (non-hydrogen) atoms. The number of ether oxygens (including phenoxy) is 1. The van der Waals surface area contributed by atoms with E-state index in [2.05, 4.69) is 21.7 Å². The van der Waals surface area contributed by atoms with E-state index in [0.717, 1.165) is 30.2 Å². The van der Waals surface area contributed by atoms with Crippen molar-refractivity contribution in [1.82, 2.24) is 4.98 Å². The predicted molar refractivity (Wildman–Crippen MR) is 103 cm³/mol. The van der Waals surface area contributed by atoms with Crippen molar-refractivity contribution in [3.63, 3.8) is 0 Å². The molecule has 6 nitrogen and oxygen atoms in total. The predicted octanol–water partition coefficient (Wildman–Crippen LogP) is 3.63. The molecular formula is C21H19N3O3. The molecule has 0 spiro atoms. The highest BCUT2D eigenvalue weighted by molar-refractivity contribution is 6.13. The number of hydrogen-bond donors (Lipinski definition) is 3. The largest absolute Gasteiger partial charge is 0.479 e. The summed E-state index contributed by atoms with van der Waals surface area (Å²) in [6.45, 7) is 1.70. The van der Waals surface area contributed by atoms with Gasteiger partial charge in [0.1, 0.15) is 5.75 Å². The topological polar surface area (TPSA) is 83.2 Å². The highest BCUT2D eigenvalue weighted by Gasteiger charge is 2.24. The van der Waals surface area contributed by atoms with Gasteiger partial charge in [-0.05, 0) is 56.0 Å². The number of benzene rings is 2. The number of amides is 2. The summed E-state index contributed by atoms with van der Waals surface area (Å²) in [5, 5.41) is 6.86. The molecule has 0 bridgehead atoms. The lowest BCUT2D eigenvalue weighted by Gasteiger charge is -2.23. The normalized spacial score (nSPS) is 17.8. The third-order valence-electron chi connectivity index (χ3n) is 5.30. The number of H-pyrrole nitrogens is 1. The van der Waals surface area contributed by atoms with Gasteiger partial charge in [0.2, 0.25) is 0 Å². The number of anilines is 2. The molecule has 1 unspecified atom stereocenters. The van der Waals surface area contributed by atoms with Gasteiger partial charge in [0.15, 0.2) is 6.10 Å². The molecule has 0 saturated heterocycles.